The van der Waals surface area contributed by atoms with Crippen LogP contribution in [0.2, 0.25) is 0 Å². The van der Waals surface area contributed by atoms with Crippen LogP contribution in [-0.4, -0.2) is 16.1 Å². The van der Waals surface area contributed by atoms with Gasteiger partial charge in [0.1, 0.15) is 17.1 Å². The summed E-state index contributed by atoms with van der Waals surface area (Å²) >= 11 is 0. The molecule has 17 heavy (non-hydrogen) atoms. The van der Waals surface area contributed by atoms with E-state index >= 15 is 0 Å². The number of aryl methyl sites for hydroxylation is 1. The number of benzene rings is 1. The first-order valence-corrected chi connectivity index (χ1v) is 5.09. The number of carboxylic acids is 1. The molecule has 0 unspecified atom stereocenters. The number of hydrogen-bond donors (Lipinski definition) is 1. The Morgan fingerprint density at radius 1 is 1.24 bits per heavy atom. The highest BCUT2D eigenvalue weighted by atomic mass is 16.5. The maximum absolute atomic E-state index is 11.0. The van der Waals surface area contributed by atoms with Crippen molar-refractivity contribution < 1.29 is 14.6 Å². The van der Waals surface area contributed by atoms with Crippen LogP contribution in [0.3, 0.4) is 0 Å². The predicted octanol–water partition coefficient (Wildman–Crippen LogP) is 2.88. The summed E-state index contributed by atoms with van der Waals surface area (Å²) in [6.07, 6.45) is 2.77. The summed E-state index contributed by atoms with van der Waals surface area (Å²) in [5.41, 5.74) is 0.997. The molecule has 1 aromatic carbocycles. The quantitative estimate of drug-likeness (QED) is 0.879. The smallest absolute Gasteiger partial charge is 0.341 e. The number of carbonyl (C=O) groups is 1. The van der Waals surface area contributed by atoms with Crippen molar-refractivity contribution in [3.8, 4) is 11.5 Å². The van der Waals surface area contributed by atoms with Gasteiger partial charge in [0.25, 0.3) is 0 Å². The number of aromatic nitrogens is 1. The largest absolute Gasteiger partial charge is 0.477 e. The third kappa shape index (κ3) is 2.42. The van der Waals surface area contributed by atoms with Gasteiger partial charge >= 0.3 is 5.97 Å². The zero-order valence-electron chi connectivity index (χ0n) is 9.25. The molecule has 0 spiro atoms. The highest BCUT2D eigenvalue weighted by Crippen LogP contribution is 2.26. The van der Waals surface area contributed by atoms with Gasteiger partial charge in [0.15, 0.2) is 0 Å². The van der Waals surface area contributed by atoms with Crippen molar-refractivity contribution in [2.24, 2.45) is 0 Å². The molecule has 0 saturated carbocycles. The summed E-state index contributed by atoms with van der Waals surface area (Å²) in [4.78, 5) is 14.7. The topological polar surface area (TPSA) is 59.4 Å². The summed E-state index contributed by atoms with van der Waals surface area (Å²) in [5, 5.41) is 8.99. The van der Waals surface area contributed by atoms with E-state index in [2.05, 4.69) is 4.98 Å². The van der Waals surface area contributed by atoms with Gasteiger partial charge in [-0.15, -0.1) is 0 Å². The maximum Gasteiger partial charge on any atom is 0.341 e. The second-order valence-electron chi connectivity index (χ2n) is 3.54. The molecule has 0 aliphatic carbocycles. The first-order chi connectivity index (χ1) is 8.18. The molecule has 4 nitrogen and oxygen atoms in total. The van der Waals surface area contributed by atoms with Crippen molar-refractivity contribution in [3.05, 3.63) is 53.9 Å². The lowest BCUT2D eigenvalue weighted by molar-refractivity contribution is 0.0693. The van der Waals surface area contributed by atoms with Gasteiger partial charge < -0.3 is 9.84 Å². The average molecular weight is 229 g/mol. The van der Waals surface area contributed by atoms with Crippen LogP contribution in [-0.2, 0) is 0 Å². The Hall–Kier alpha value is -2.36. The number of pyridine rings is 1. The Kier molecular flexibility index (Phi) is 3.05. The lowest BCUT2D eigenvalue weighted by Gasteiger charge is -2.09. The van der Waals surface area contributed by atoms with Gasteiger partial charge in [-0.25, -0.2) is 4.79 Å². The van der Waals surface area contributed by atoms with E-state index in [9.17, 15) is 4.79 Å². The highest BCUT2D eigenvalue weighted by molar-refractivity contribution is 5.90. The van der Waals surface area contributed by atoms with Crippen molar-refractivity contribution in [1.29, 1.82) is 0 Å². The maximum atomic E-state index is 11.0. The Morgan fingerprint density at radius 3 is 2.71 bits per heavy atom. The molecule has 4 heteroatoms. The normalized spacial score (nSPS) is 9.94. The van der Waals surface area contributed by atoms with Gasteiger partial charge in [-0.2, -0.15) is 0 Å². The molecule has 0 atom stereocenters. The monoisotopic (exact) mass is 229 g/mol. The number of rotatable bonds is 3. The summed E-state index contributed by atoms with van der Waals surface area (Å²) in [5.74, 6) is -0.121. The van der Waals surface area contributed by atoms with Crippen LogP contribution in [0.5, 0.6) is 11.5 Å². The molecule has 0 radical (unpaired) electrons. The molecular weight excluding hydrogens is 218 g/mol. The molecule has 2 aromatic rings. The molecule has 1 heterocycles. The van der Waals surface area contributed by atoms with Crippen molar-refractivity contribution in [2.45, 2.75) is 6.92 Å². The molecule has 0 aliphatic rings. The fourth-order valence-corrected chi connectivity index (χ4v) is 1.42. The van der Waals surface area contributed by atoms with Gasteiger partial charge in [0.2, 0.25) is 0 Å². The molecule has 2 rings (SSSR count). The molecule has 1 N–H and O–H groups in total. The number of aromatic carboxylic acids is 1. The standard InChI is InChI=1S/C13H11NO3/c1-9-4-2-3-5-11(9)17-12-6-7-14-8-10(12)13(15)16/h2-8H,1H3,(H,15,16). The van der Waals surface area contributed by atoms with E-state index in [-0.39, 0.29) is 5.56 Å². The van der Waals surface area contributed by atoms with E-state index in [4.69, 9.17) is 9.84 Å². The van der Waals surface area contributed by atoms with E-state index in [1.165, 1.54) is 18.5 Å². The predicted molar refractivity (Wildman–Crippen MR) is 62.4 cm³/mol. The van der Waals surface area contributed by atoms with Crippen LogP contribution in [0.1, 0.15) is 15.9 Å². The van der Waals surface area contributed by atoms with E-state index < -0.39 is 5.97 Å². The Balaban J connectivity index is 2.37. The van der Waals surface area contributed by atoms with Crippen molar-refractivity contribution in [2.75, 3.05) is 0 Å². The third-order valence-corrected chi connectivity index (χ3v) is 2.32. The van der Waals surface area contributed by atoms with E-state index in [1.807, 2.05) is 25.1 Å². The fraction of sp³-hybridized carbons (Fsp3) is 0.0769. The molecule has 0 bridgehead atoms. The molecule has 0 fully saturated rings. The second kappa shape index (κ2) is 4.65. The SMILES string of the molecule is Cc1ccccc1Oc1ccncc1C(=O)O. The number of para-hydroxylation sites is 1. The minimum absolute atomic E-state index is 0.0516. The van der Waals surface area contributed by atoms with E-state index in [0.29, 0.717) is 11.5 Å². The van der Waals surface area contributed by atoms with Crippen LogP contribution >= 0.6 is 0 Å². The first-order valence-electron chi connectivity index (χ1n) is 5.09. The van der Waals surface area contributed by atoms with E-state index in [1.54, 1.807) is 6.07 Å². The molecule has 0 amide bonds. The molecule has 0 saturated heterocycles. The zero-order valence-corrected chi connectivity index (χ0v) is 9.25. The number of ether oxygens (including phenoxy) is 1. The van der Waals surface area contributed by atoms with Crippen molar-refractivity contribution >= 4 is 5.97 Å². The van der Waals surface area contributed by atoms with Crippen molar-refractivity contribution in [3.63, 3.8) is 0 Å². The van der Waals surface area contributed by atoms with Gasteiger partial charge in [-0.1, -0.05) is 18.2 Å². The minimum atomic E-state index is -1.05. The number of nitrogens with zero attached hydrogens (tertiary/aromatic N) is 1. The lowest BCUT2D eigenvalue weighted by atomic mass is 10.2. The first kappa shape index (κ1) is 11.1. The molecule has 0 aliphatic heterocycles. The Morgan fingerprint density at radius 2 is 2.00 bits per heavy atom. The van der Waals surface area contributed by atoms with Crippen LogP contribution < -0.4 is 4.74 Å². The summed E-state index contributed by atoms with van der Waals surface area (Å²) in [6, 6.07) is 8.96. The third-order valence-electron chi connectivity index (χ3n) is 2.32. The lowest BCUT2D eigenvalue weighted by Crippen LogP contribution is -2.01. The van der Waals surface area contributed by atoms with Crippen LogP contribution in [0.15, 0.2) is 42.7 Å². The average Bonchev–Trinajstić information content (AvgIpc) is 2.32. The number of carboxylic acid groups (broad SMARTS) is 1. The van der Waals surface area contributed by atoms with Crippen LogP contribution in [0, 0.1) is 6.92 Å². The summed E-state index contributed by atoms with van der Waals surface area (Å²) < 4.78 is 5.58. The minimum Gasteiger partial charge on any atom is -0.477 e. The summed E-state index contributed by atoms with van der Waals surface area (Å²) in [7, 11) is 0. The Bertz CT molecular complexity index is 552. The fourth-order valence-electron chi connectivity index (χ4n) is 1.42. The van der Waals surface area contributed by atoms with Crippen LogP contribution in [0.25, 0.3) is 0 Å². The highest BCUT2D eigenvalue weighted by Gasteiger charge is 2.12. The molecular formula is C13H11NO3. The summed E-state index contributed by atoms with van der Waals surface area (Å²) in [6.45, 7) is 1.90. The van der Waals surface area contributed by atoms with Crippen LogP contribution in [0.4, 0.5) is 0 Å². The van der Waals surface area contributed by atoms with Gasteiger partial charge in [0, 0.05) is 18.5 Å². The number of hydrogen-bond acceptors (Lipinski definition) is 3. The molecule has 86 valence electrons. The molecule has 1 aromatic heterocycles. The van der Waals surface area contributed by atoms with Gasteiger partial charge in [-0.05, 0) is 18.6 Å². The second-order valence-corrected chi connectivity index (χ2v) is 3.54. The van der Waals surface area contributed by atoms with Gasteiger partial charge in [0.05, 0.1) is 0 Å². The van der Waals surface area contributed by atoms with Crippen molar-refractivity contribution in [1.82, 2.24) is 4.98 Å². The zero-order chi connectivity index (χ0) is 12.3. The van der Waals surface area contributed by atoms with E-state index in [0.717, 1.165) is 5.56 Å². The van der Waals surface area contributed by atoms with Gasteiger partial charge in [-0.3, -0.25) is 4.98 Å². The Labute approximate surface area is 98.5 Å².